The highest BCUT2D eigenvalue weighted by Gasteiger charge is 2.30. The smallest absolute Gasteiger partial charge is 0.259 e. The number of anilines is 1. The van der Waals surface area contributed by atoms with Gasteiger partial charge in [0.25, 0.3) is 5.91 Å². The van der Waals surface area contributed by atoms with E-state index in [0.29, 0.717) is 18.2 Å². The molecular formula is C16H20ClN4O3S2+. The second kappa shape index (κ2) is 8.01. The summed E-state index contributed by atoms with van der Waals surface area (Å²) in [7, 11) is -3.66. The average Bonchev–Trinajstić information content (AvgIpc) is 3.14. The van der Waals surface area contributed by atoms with Crippen molar-refractivity contribution in [3.8, 4) is 0 Å². The van der Waals surface area contributed by atoms with Crippen molar-refractivity contribution < 1.29 is 18.1 Å². The number of piperazine rings is 1. The van der Waals surface area contributed by atoms with E-state index in [4.69, 9.17) is 11.6 Å². The third-order valence-corrected chi connectivity index (χ3v) is 7.32. The zero-order valence-electron chi connectivity index (χ0n) is 14.2. The van der Waals surface area contributed by atoms with Crippen molar-refractivity contribution in [2.45, 2.75) is 11.8 Å². The minimum absolute atomic E-state index is 0.0751. The first-order valence-electron chi connectivity index (χ1n) is 8.26. The lowest BCUT2D eigenvalue weighted by molar-refractivity contribution is -0.901. The highest BCUT2D eigenvalue weighted by molar-refractivity contribution is 7.89. The van der Waals surface area contributed by atoms with E-state index in [1.54, 1.807) is 11.6 Å². The summed E-state index contributed by atoms with van der Waals surface area (Å²) in [5.41, 5.74) is 0.112. The Hall–Kier alpha value is -1.52. The molecule has 1 amide bonds. The molecule has 1 aliphatic rings. The number of hydrogen-bond donors (Lipinski definition) is 2. The molecule has 26 heavy (non-hydrogen) atoms. The minimum Gasteiger partial charge on any atom is -0.333 e. The van der Waals surface area contributed by atoms with Crippen LogP contribution in [0.4, 0.5) is 5.13 Å². The lowest BCUT2D eigenvalue weighted by Gasteiger charge is -2.30. The number of aromatic nitrogens is 1. The number of rotatable bonds is 5. The largest absolute Gasteiger partial charge is 0.333 e. The summed E-state index contributed by atoms with van der Waals surface area (Å²) in [5.74, 6) is -0.484. The van der Waals surface area contributed by atoms with Gasteiger partial charge in [0.15, 0.2) is 5.13 Å². The van der Waals surface area contributed by atoms with Gasteiger partial charge in [0, 0.05) is 11.6 Å². The average molecular weight is 416 g/mol. The van der Waals surface area contributed by atoms with Gasteiger partial charge in [-0.1, -0.05) is 11.6 Å². The molecule has 1 aromatic heterocycles. The van der Waals surface area contributed by atoms with E-state index in [-0.39, 0.29) is 15.5 Å². The van der Waals surface area contributed by atoms with Crippen LogP contribution in [-0.2, 0) is 10.0 Å². The predicted molar refractivity (Wildman–Crippen MR) is 102 cm³/mol. The maximum absolute atomic E-state index is 12.9. The molecule has 0 saturated carbocycles. The molecule has 3 rings (SSSR count). The number of carbonyl (C=O) groups is 1. The summed E-state index contributed by atoms with van der Waals surface area (Å²) in [4.78, 5) is 17.9. The van der Waals surface area contributed by atoms with Crippen molar-refractivity contribution in [2.24, 2.45) is 0 Å². The maximum atomic E-state index is 12.9. The summed E-state index contributed by atoms with van der Waals surface area (Å²) in [6.07, 6.45) is 1.57. The second-order valence-electron chi connectivity index (χ2n) is 5.94. The van der Waals surface area contributed by atoms with Crippen molar-refractivity contribution >= 4 is 44.0 Å². The Morgan fingerprint density at radius 1 is 1.38 bits per heavy atom. The summed E-state index contributed by atoms with van der Waals surface area (Å²) in [5, 5.41) is 4.98. The van der Waals surface area contributed by atoms with E-state index >= 15 is 0 Å². The number of hydrogen-bond acceptors (Lipinski definition) is 5. The predicted octanol–water partition coefficient (Wildman–Crippen LogP) is 0.958. The Kier molecular flexibility index (Phi) is 5.93. The van der Waals surface area contributed by atoms with Gasteiger partial charge in [-0.25, -0.2) is 13.4 Å². The molecule has 0 aliphatic carbocycles. The van der Waals surface area contributed by atoms with Gasteiger partial charge in [0.1, 0.15) is 0 Å². The van der Waals surface area contributed by atoms with Gasteiger partial charge in [0.05, 0.1) is 48.2 Å². The van der Waals surface area contributed by atoms with Crippen molar-refractivity contribution in [3.05, 3.63) is 40.4 Å². The van der Waals surface area contributed by atoms with E-state index < -0.39 is 15.9 Å². The van der Waals surface area contributed by atoms with E-state index in [1.165, 1.54) is 38.7 Å². The number of amides is 1. The van der Waals surface area contributed by atoms with Gasteiger partial charge < -0.3 is 4.90 Å². The molecule has 10 heteroatoms. The summed E-state index contributed by atoms with van der Waals surface area (Å²) >= 11 is 7.39. The van der Waals surface area contributed by atoms with Crippen LogP contribution in [0, 0.1) is 0 Å². The van der Waals surface area contributed by atoms with Crippen molar-refractivity contribution in [1.29, 1.82) is 0 Å². The molecule has 0 atom stereocenters. The molecule has 7 nitrogen and oxygen atoms in total. The number of benzene rings is 1. The van der Waals surface area contributed by atoms with Crippen molar-refractivity contribution in [3.63, 3.8) is 0 Å². The fourth-order valence-electron chi connectivity index (χ4n) is 2.83. The molecule has 1 aliphatic heterocycles. The molecule has 0 bridgehead atoms. The van der Waals surface area contributed by atoms with Gasteiger partial charge in [-0.15, -0.1) is 11.3 Å². The topological polar surface area (TPSA) is 83.8 Å². The summed E-state index contributed by atoms with van der Waals surface area (Å²) < 4.78 is 27.3. The molecule has 0 spiro atoms. The first kappa shape index (κ1) is 19.2. The number of carbonyl (C=O) groups excluding carboxylic acids is 1. The van der Waals surface area contributed by atoms with Crippen LogP contribution in [0.3, 0.4) is 0 Å². The highest BCUT2D eigenvalue weighted by Crippen LogP contribution is 2.24. The van der Waals surface area contributed by atoms with Crippen LogP contribution in [0.1, 0.15) is 17.3 Å². The first-order chi connectivity index (χ1) is 12.4. The van der Waals surface area contributed by atoms with Crippen molar-refractivity contribution in [1.82, 2.24) is 9.29 Å². The van der Waals surface area contributed by atoms with Gasteiger partial charge in [0.2, 0.25) is 10.0 Å². The number of quaternary nitrogens is 1. The molecule has 0 unspecified atom stereocenters. The van der Waals surface area contributed by atoms with Crippen LogP contribution in [0.25, 0.3) is 0 Å². The molecule has 1 fully saturated rings. The summed E-state index contributed by atoms with van der Waals surface area (Å²) in [6.45, 7) is 5.56. The number of sulfonamides is 1. The third-order valence-electron chi connectivity index (χ3n) is 4.40. The zero-order valence-corrected chi connectivity index (χ0v) is 16.6. The van der Waals surface area contributed by atoms with Crippen LogP contribution in [-0.4, -0.2) is 56.3 Å². The molecule has 0 radical (unpaired) electrons. The van der Waals surface area contributed by atoms with Crippen LogP contribution >= 0.6 is 22.9 Å². The van der Waals surface area contributed by atoms with E-state index in [9.17, 15) is 13.2 Å². The molecular weight excluding hydrogens is 396 g/mol. The Morgan fingerprint density at radius 3 is 2.73 bits per heavy atom. The van der Waals surface area contributed by atoms with Gasteiger partial charge in [-0.2, -0.15) is 4.31 Å². The molecule has 2 aromatic rings. The normalized spacial score (nSPS) is 16.5. The van der Waals surface area contributed by atoms with Gasteiger partial charge in [-0.3, -0.25) is 10.1 Å². The quantitative estimate of drug-likeness (QED) is 0.761. The van der Waals surface area contributed by atoms with Gasteiger partial charge >= 0.3 is 0 Å². The SMILES string of the molecule is CC[NH+]1CCN(S(=O)(=O)c2ccc(Cl)c(C(=O)Nc3nccs3)c2)CC1. The summed E-state index contributed by atoms with van der Waals surface area (Å²) in [6, 6.07) is 4.22. The number of thiazole rings is 1. The number of likely N-dealkylation sites (N-methyl/N-ethyl adjacent to an activating group) is 1. The van der Waals surface area contributed by atoms with E-state index in [1.807, 2.05) is 0 Å². The van der Waals surface area contributed by atoms with Crippen LogP contribution < -0.4 is 10.2 Å². The molecule has 140 valence electrons. The lowest BCUT2D eigenvalue weighted by atomic mass is 10.2. The third kappa shape index (κ3) is 4.07. The molecule has 2 heterocycles. The van der Waals surface area contributed by atoms with Crippen LogP contribution in [0.15, 0.2) is 34.7 Å². The molecule has 1 aromatic carbocycles. The fraction of sp³-hybridized carbons (Fsp3) is 0.375. The van der Waals surface area contributed by atoms with Crippen LogP contribution in [0.2, 0.25) is 5.02 Å². The lowest BCUT2D eigenvalue weighted by Crippen LogP contribution is -3.14. The Balaban J connectivity index is 1.83. The monoisotopic (exact) mass is 415 g/mol. The van der Waals surface area contributed by atoms with Crippen LogP contribution in [0.5, 0.6) is 0 Å². The maximum Gasteiger partial charge on any atom is 0.259 e. The van der Waals surface area contributed by atoms with E-state index in [0.717, 1.165) is 19.6 Å². The highest BCUT2D eigenvalue weighted by atomic mass is 35.5. The zero-order chi connectivity index (χ0) is 18.7. The fourth-order valence-corrected chi connectivity index (χ4v) is 5.03. The Morgan fingerprint density at radius 2 is 2.12 bits per heavy atom. The van der Waals surface area contributed by atoms with Gasteiger partial charge in [-0.05, 0) is 25.1 Å². The molecule has 1 saturated heterocycles. The minimum atomic E-state index is -3.66. The Labute approximate surface area is 161 Å². The second-order valence-corrected chi connectivity index (χ2v) is 9.18. The van der Waals surface area contributed by atoms with E-state index in [2.05, 4.69) is 17.2 Å². The first-order valence-corrected chi connectivity index (χ1v) is 11.0. The van der Waals surface area contributed by atoms with Crippen molar-refractivity contribution in [2.75, 3.05) is 38.0 Å². The standard InChI is InChI=1S/C16H19ClN4O3S2/c1-2-20-6-8-21(9-7-20)26(23,24)12-3-4-14(17)13(11-12)15(22)19-16-18-5-10-25-16/h3-5,10-11H,2,6-9H2,1H3,(H,18,19,22)/p+1. The number of nitrogens with one attached hydrogen (secondary N) is 2. The molecule has 2 N–H and O–H groups in total. The Bertz CT molecular complexity index is 879. The number of nitrogens with zero attached hydrogens (tertiary/aromatic N) is 2. The number of halogens is 1.